The Morgan fingerprint density at radius 1 is 1.06 bits per heavy atom. The maximum absolute atomic E-state index is 13.1. The standard InChI is InChI=1S/C35H56N4O9/c1-22(2)28-26(32(37-36-28)48-33-31(44)30(43)29(42)27(21-41)47-33)20-24-9-10-25(19-23(24)3)46-18-8-6-7-11-35(4,5)34(45)39-14-12-38(13-15-39)16-17-40/h9-10,19,22,27,29-31,33,40-44H,6-8,11-18,20-21H2,1-5H3,(H,36,37)/t27-,29-,30+,31-,33+/m1/s1. The number of aromatic nitrogens is 2. The minimum atomic E-state index is -1.55. The van der Waals surface area contributed by atoms with Gasteiger partial charge < -0.3 is 44.6 Å². The number of rotatable bonds is 16. The predicted molar refractivity (Wildman–Crippen MR) is 179 cm³/mol. The minimum absolute atomic E-state index is 0.0966. The summed E-state index contributed by atoms with van der Waals surface area (Å²) in [5, 5.41) is 56.8. The number of aliphatic hydroxyl groups excluding tert-OH is 5. The molecule has 4 rings (SSSR count). The second-order valence-corrected chi connectivity index (χ2v) is 14.1. The van der Waals surface area contributed by atoms with Gasteiger partial charge in [0.25, 0.3) is 0 Å². The van der Waals surface area contributed by atoms with Crippen molar-refractivity contribution in [3.8, 4) is 11.6 Å². The molecular weight excluding hydrogens is 620 g/mol. The lowest BCUT2D eigenvalue weighted by Crippen LogP contribution is -2.60. The van der Waals surface area contributed by atoms with E-state index >= 15 is 0 Å². The van der Waals surface area contributed by atoms with Crippen LogP contribution in [0, 0.1) is 12.3 Å². The highest BCUT2D eigenvalue weighted by Crippen LogP contribution is 2.33. The van der Waals surface area contributed by atoms with Gasteiger partial charge in [0, 0.05) is 55.8 Å². The normalized spacial score (nSPS) is 23.9. The average molecular weight is 677 g/mol. The zero-order valence-corrected chi connectivity index (χ0v) is 29.1. The van der Waals surface area contributed by atoms with Crippen LogP contribution in [0.25, 0.3) is 0 Å². The van der Waals surface area contributed by atoms with E-state index in [1.807, 2.05) is 57.7 Å². The molecule has 0 aliphatic carbocycles. The van der Waals surface area contributed by atoms with E-state index in [1.54, 1.807) is 0 Å². The molecular formula is C35H56N4O9. The number of carbonyl (C=O) groups is 1. The molecule has 1 aromatic carbocycles. The molecule has 1 aromatic heterocycles. The fourth-order valence-electron chi connectivity index (χ4n) is 6.42. The summed E-state index contributed by atoms with van der Waals surface area (Å²) in [7, 11) is 0. The number of amides is 1. The largest absolute Gasteiger partial charge is 0.494 e. The Labute approximate surface area is 283 Å². The van der Waals surface area contributed by atoms with Gasteiger partial charge in [0.15, 0.2) is 0 Å². The van der Waals surface area contributed by atoms with Crippen LogP contribution in [0.5, 0.6) is 11.6 Å². The van der Waals surface area contributed by atoms with Crippen LogP contribution in [0.2, 0.25) is 0 Å². The van der Waals surface area contributed by atoms with Crippen molar-refractivity contribution in [3.05, 3.63) is 40.6 Å². The highest BCUT2D eigenvalue weighted by atomic mass is 16.7. The number of carbonyl (C=O) groups excluding carboxylic acids is 1. The fraction of sp³-hybridized carbons (Fsp3) is 0.714. The van der Waals surface area contributed by atoms with Gasteiger partial charge in [-0.25, -0.2) is 0 Å². The molecule has 0 radical (unpaired) electrons. The first-order valence-corrected chi connectivity index (χ1v) is 17.3. The lowest BCUT2D eigenvalue weighted by molar-refractivity contribution is -0.278. The molecule has 2 saturated heterocycles. The van der Waals surface area contributed by atoms with Crippen LogP contribution in [0.1, 0.15) is 81.7 Å². The van der Waals surface area contributed by atoms with E-state index in [0.29, 0.717) is 32.7 Å². The van der Waals surface area contributed by atoms with Crippen LogP contribution in [-0.4, -0.2) is 135 Å². The SMILES string of the molecule is Cc1cc(OCCCCCC(C)(C)C(=O)N2CCN(CCO)CC2)ccc1Cc1c(O[C@@H]2O[C@H](CO)[C@@H](O)[C@H](O)[C@H]2O)n[nH]c1C(C)C. The summed E-state index contributed by atoms with van der Waals surface area (Å²) < 4.78 is 17.5. The molecule has 2 aliphatic rings. The molecule has 5 atom stereocenters. The Hall–Kier alpha value is -2.78. The van der Waals surface area contributed by atoms with E-state index in [4.69, 9.17) is 19.3 Å². The van der Waals surface area contributed by atoms with Crippen LogP contribution < -0.4 is 9.47 Å². The molecule has 0 spiro atoms. The van der Waals surface area contributed by atoms with Crippen molar-refractivity contribution in [1.29, 1.82) is 0 Å². The van der Waals surface area contributed by atoms with E-state index in [2.05, 4.69) is 15.1 Å². The summed E-state index contributed by atoms with van der Waals surface area (Å²) in [4.78, 5) is 17.3. The number of nitrogens with zero attached hydrogens (tertiary/aromatic N) is 3. The summed E-state index contributed by atoms with van der Waals surface area (Å²) in [5.74, 6) is 1.30. The van der Waals surface area contributed by atoms with Gasteiger partial charge in [0.2, 0.25) is 18.1 Å². The Morgan fingerprint density at radius 3 is 2.44 bits per heavy atom. The summed E-state index contributed by atoms with van der Waals surface area (Å²) in [6.45, 7) is 14.0. The number of nitrogens with one attached hydrogen (secondary N) is 1. The molecule has 1 amide bonds. The molecule has 3 heterocycles. The molecule has 13 heteroatoms. The molecule has 48 heavy (non-hydrogen) atoms. The number of aromatic amines is 1. The molecule has 13 nitrogen and oxygen atoms in total. The summed E-state index contributed by atoms with van der Waals surface area (Å²) >= 11 is 0. The van der Waals surface area contributed by atoms with E-state index in [-0.39, 0.29) is 24.3 Å². The quantitative estimate of drug-likeness (QED) is 0.143. The van der Waals surface area contributed by atoms with Crippen molar-refractivity contribution in [2.75, 3.05) is 52.5 Å². The summed E-state index contributed by atoms with van der Waals surface area (Å²) in [6, 6.07) is 5.96. The monoisotopic (exact) mass is 676 g/mol. The number of unbranched alkanes of at least 4 members (excludes halogenated alkanes) is 2. The van der Waals surface area contributed by atoms with Gasteiger partial charge >= 0.3 is 0 Å². The van der Waals surface area contributed by atoms with E-state index in [1.165, 1.54) is 0 Å². The highest BCUT2D eigenvalue weighted by molar-refractivity contribution is 5.82. The lowest BCUT2D eigenvalue weighted by Gasteiger charge is -2.39. The van der Waals surface area contributed by atoms with E-state index in [0.717, 1.165) is 66.9 Å². The molecule has 0 bridgehead atoms. The van der Waals surface area contributed by atoms with Crippen LogP contribution in [0.4, 0.5) is 0 Å². The zero-order valence-electron chi connectivity index (χ0n) is 29.1. The number of piperazine rings is 1. The molecule has 6 N–H and O–H groups in total. The van der Waals surface area contributed by atoms with Crippen molar-refractivity contribution in [2.45, 2.75) is 103 Å². The third kappa shape index (κ3) is 9.46. The first-order valence-electron chi connectivity index (χ1n) is 17.3. The van der Waals surface area contributed by atoms with Gasteiger partial charge in [-0.2, -0.15) is 0 Å². The molecule has 270 valence electrons. The first kappa shape index (κ1) is 38.0. The van der Waals surface area contributed by atoms with Crippen molar-refractivity contribution < 1.29 is 44.5 Å². The Bertz CT molecular complexity index is 1310. The summed E-state index contributed by atoms with van der Waals surface area (Å²) in [5.41, 5.74) is 3.30. The van der Waals surface area contributed by atoms with E-state index in [9.17, 15) is 25.2 Å². The minimum Gasteiger partial charge on any atom is -0.494 e. The Morgan fingerprint density at radius 2 is 1.79 bits per heavy atom. The zero-order chi connectivity index (χ0) is 35.0. The topological polar surface area (TPSA) is 181 Å². The predicted octanol–water partition coefficient (Wildman–Crippen LogP) is 1.71. The number of hydrogen-bond donors (Lipinski definition) is 6. The third-order valence-corrected chi connectivity index (χ3v) is 9.57. The average Bonchev–Trinajstić information content (AvgIpc) is 3.46. The number of H-pyrrole nitrogens is 1. The number of hydrogen-bond acceptors (Lipinski definition) is 11. The first-order chi connectivity index (χ1) is 22.9. The Balaban J connectivity index is 1.27. The van der Waals surface area contributed by atoms with Crippen molar-refractivity contribution >= 4 is 5.91 Å². The smallest absolute Gasteiger partial charge is 0.238 e. The lowest BCUT2D eigenvalue weighted by atomic mass is 9.85. The van der Waals surface area contributed by atoms with Crippen LogP contribution >= 0.6 is 0 Å². The molecule has 0 unspecified atom stereocenters. The van der Waals surface area contributed by atoms with Gasteiger partial charge in [0.1, 0.15) is 30.2 Å². The second kappa shape index (κ2) is 17.2. The van der Waals surface area contributed by atoms with Gasteiger partial charge in [-0.1, -0.05) is 46.6 Å². The fourth-order valence-corrected chi connectivity index (χ4v) is 6.42. The van der Waals surface area contributed by atoms with E-state index < -0.39 is 42.7 Å². The molecule has 2 aliphatic heterocycles. The molecule has 0 saturated carbocycles. The van der Waals surface area contributed by atoms with Crippen molar-refractivity contribution in [1.82, 2.24) is 20.0 Å². The Kier molecular flexibility index (Phi) is 13.7. The van der Waals surface area contributed by atoms with Crippen molar-refractivity contribution in [2.24, 2.45) is 5.41 Å². The van der Waals surface area contributed by atoms with Crippen LogP contribution in [-0.2, 0) is 16.0 Å². The molecule has 2 fully saturated rings. The summed E-state index contributed by atoms with van der Waals surface area (Å²) in [6.07, 6.45) is -2.87. The molecule has 2 aromatic rings. The third-order valence-electron chi connectivity index (χ3n) is 9.57. The van der Waals surface area contributed by atoms with Crippen molar-refractivity contribution in [3.63, 3.8) is 0 Å². The second-order valence-electron chi connectivity index (χ2n) is 14.1. The number of ether oxygens (including phenoxy) is 3. The van der Waals surface area contributed by atoms with Gasteiger partial charge in [-0.3, -0.25) is 14.8 Å². The maximum atomic E-state index is 13.1. The van der Waals surface area contributed by atoms with Gasteiger partial charge in [-0.15, -0.1) is 5.10 Å². The maximum Gasteiger partial charge on any atom is 0.238 e. The number of aliphatic hydroxyl groups is 5. The van der Waals surface area contributed by atoms with Gasteiger partial charge in [-0.05, 0) is 48.9 Å². The number of benzene rings is 1. The highest BCUT2D eigenvalue weighted by Gasteiger charge is 2.45. The number of β-amino-alcohol motifs (C(OH)–C–C–N with tert-alkyl or cyclic N) is 1. The van der Waals surface area contributed by atoms with Crippen LogP contribution in [0.15, 0.2) is 18.2 Å². The van der Waals surface area contributed by atoms with Crippen LogP contribution in [0.3, 0.4) is 0 Å². The number of aryl methyl sites for hydroxylation is 1. The van der Waals surface area contributed by atoms with Gasteiger partial charge in [0.05, 0.1) is 19.8 Å².